The first-order chi connectivity index (χ1) is 20.3. The number of nitrogens with one attached hydrogen (secondary N) is 1. The van der Waals surface area contributed by atoms with Crippen LogP contribution in [-0.2, 0) is 16.0 Å². The van der Waals surface area contributed by atoms with Crippen LogP contribution >= 0.6 is 0 Å². The van der Waals surface area contributed by atoms with E-state index >= 15 is 0 Å². The van der Waals surface area contributed by atoms with Crippen LogP contribution in [0.5, 0.6) is 0 Å². The van der Waals surface area contributed by atoms with Gasteiger partial charge in [-0.3, -0.25) is 10.1 Å². The highest BCUT2D eigenvalue weighted by molar-refractivity contribution is 5.82. The monoisotopic (exact) mass is 562 g/mol. The van der Waals surface area contributed by atoms with E-state index in [4.69, 9.17) is 9.72 Å². The summed E-state index contributed by atoms with van der Waals surface area (Å²) in [5, 5.41) is 24.0. The molecule has 1 atom stereocenters. The molecule has 1 aliphatic rings. The molecule has 2 N–H and O–H groups in total. The van der Waals surface area contributed by atoms with E-state index in [1.807, 2.05) is 61.5 Å². The van der Waals surface area contributed by atoms with Crippen molar-refractivity contribution in [2.45, 2.75) is 25.3 Å². The smallest absolute Gasteiger partial charge is 0.407 e. The van der Waals surface area contributed by atoms with Crippen molar-refractivity contribution < 1.29 is 24.4 Å². The fourth-order valence-corrected chi connectivity index (χ4v) is 5.62. The van der Waals surface area contributed by atoms with Crippen molar-refractivity contribution in [2.75, 3.05) is 6.61 Å². The predicted octanol–water partition coefficient (Wildman–Crippen LogP) is 5.75. The second-order valence-corrected chi connectivity index (χ2v) is 10.2. The van der Waals surface area contributed by atoms with Crippen molar-refractivity contribution in [1.29, 1.82) is 0 Å². The van der Waals surface area contributed by atoms with Gasteiger partial charge in [0.15, 0.2) is 0 Å². The number of carbonyl (C=O) groups excluding carboxylic acids is 1. The normalized spacial score (nSPS) is 12.9. The Labute approximate surface area is 240 Å². The summed E-state index contributed by atoms with van der Waals surface area (Å²) in [6.45, 7) is 1.91. The Morgan fingerprint density at radius 2 is 1.71 bits per heavy atom. The summed E-state index contributed by atoms with van der Waals surface area (Å²) in [4.78, 5) is 40.9. The van der Waals surface area contributed by atoms with Crippen LogP contribution in [0.15, 0.2) is 91.1 Å². The quantitative estimate of drug-likeness (QED) is 0.181. The van der Waals surface area contributed by atoms with Crippen molar-refractivity contribution in [2.24, 2.45) is 0 Å². The van der Waals surface area contributed by atoms with Gasteiger partial charge in [0.2, 0.25) is 0 Å². The van der Waals surface area contributed by atoms with Crippen molar-refractivity contribution in [3.63, 3.8) is 0 Å². The van der Waals surface area contributed by atoms with Gasteiger partial charge in [0.05, 0.1) is 16.3 Å². The molecule has 210 valence electrons. The molecule has 0 spiro atoms. The van der Waals surface area contributed by atoms with Crippen LogP contribution in [-0.4, -0.2) is 44.1 Å². The Morgan fingerprint density at radius 1 is 1.02 bits per heavy atom. The fraction of sp³-hybridized carbons (Fsp3) is 0.156. The molecule has 0 saturated heterocycles. The van der Waals surface area contributed by atoms with Crippen molar-refractivity contribution in [1.82, 2.24) is 14.7 Å². The summed E-state index contributed by atoms with van der Waals surface area (Å²) < 4.78 is 7.34. The number of nitro benzene ring substituents is 1. The van der Waals surface area contributed by atoms with E-state index in [1.54, 1.807) is 28.8 Å². The number of non-ortho nitro benzene ring substituents is 1. The topological polar surface area (TPSA) is 136 Å². The number of carboxylic acid groups (broad SMARTS) is 1. The Kier molecular flexibility index (Phi) is 6.87. The van der Waals surface area contributed by atoms with Gasteiger partial charge in [-0.05, 0) is 40.8 Å². The van der Waals surface area contributed by atoms with Crippen molar-refractivity contribution in [3.8, 4) is 22.4 Å². The third-order valence-electron chi connectivity index (χ3n) is 7.61. The molecule has 1 aliphatic carbocycles. The first-order valence-corrected chi connectivity index (χ1v) is 13.4. The number of fused-ring (bicyclic) bond motifs is 4. The average molecular weight is 563 g/mol. The second kappa shape index (κ2) is 10.8. The van der Waals surface area contributed by atoms with Crippen LogP contribution in [0.4, 0.5) is 10.5 Å². The number of hydrogen-bond donors (Lipinski definition) is 2. The molecule has 0 aliphatic heterocycles. The largest absolute Gasteiger partial charge is 0.480 e. The maximum absolute atomic E-state index is 13.0. The van der Waals surface area contributed by atoms with Gasteiger partial charge in [-0.1, -0.05) is 66.7 Å². The van der Waals surface area contributed by atoms with Crippen LogP contribution in [0.2, 0.25) is 0 Å². The molecule has 0 radical (unpaired) electrons. The van der Waals surface area contributed by atoms with E-state index in [0.717, 1.165) is 27.8 Å². The van der Waals surface area contributed by atoms with E-state index in [0.29, 0.717) is 22.6 Å². The van der Waals surface area contributed by atoms with Gasteiger partial charge < -0.3 is 19.6 Å². The van der Waals surface area contributed by atoms with Gasteiger partial charge in [0, 0.05) is 36.2 Å². The minimum absolute atomic E-state index is 0.0416. The third kappa shape index (κ3) is 4.83. The molecule has 3 aromatic carbocycles. The number of aliphatic carboxylic acids is 1. The predicted molar refractivity (Wildman–Crippen MR) is 155 cm³/mol. The first-order valence-electron chi connectivity index (χ1n) is 13.4. The number of alkyl carbamates (subject to hydrolysis) is 1. The summed E-state index contributed by atoms with van der Waals surface area (Å²) in [7, 11) is 0. The molecule has 10 nitrogen and oxygen atoms in total. The molecule has 2 heterocycles. The first kappa shape index (κ1) is 26.7. The zero-order chi connectivity index (χ0) is 29.4. The highest BCUT2D eigenvalue weighted by atomic mass is 16.6. The van der Waals surface area contributed by atoms with Crippen LogP contribution in [0.3, 0.4) is 0 Å². The number of nitro groups is 1. The molecule has 42 heavy (non-hydrogen) atoms. The van der Waals surface area contributed by atoms with Crippen molar-refractivity contribution in [3.05, 3.63) is 124 Å². The van der Waals surface area contributed by atoms with Gasteiger partial charge in [-0.15, -0.1) is 0 Å². The number of ether oxygens (including phenoxy) is 1. The Hall–Kier alpha value is -5.51. The fourth-order valence-electron chi connectivity index (χ4n) is 5.62. The molecule has 0 saturated carbocycles. The minimum atomic E-state index is -1.35. The highest BCUT2D eigenvalue weighted by Gasteiger charge is 2.31. The lowest BCUT2D eigenvalue weighted by Crippen LogP contribution is -2.43. The summed E-state index contributed by atoms with van der Waals surface area (Å²) in [5.74, 6) is -1.43. The number of amides is 1. The third-order valence-corrected chi connectivity index (χ3v) is 7.61. The molecule has 5 aromatic rings. The number of imidazole rings is 1. The van der Waals surface area contributed by atoms with Gasteiger partial charge >= 0.3 is 12.1 Å². The van der Waals surface area contributed by atoms with E-state index in [2.05, 4.69) is 5.32 Å². The molecule has 6 rings (SSSR count). The molecule has 1 amide bonds. The molecule has 1 unspecified atom stereocenters. The summed E-state index contributed by atoms with van der Waals surface area (Å²) in [6.07, 6.45) is 0.756. The van der Waals surface area contributed by atoms with E-state index < -0.39 is 23.0 Å². The van der Waals surface area contributed by atoms with E-state index in [9.17, 15) is 24.8 Å². The van der Waals surface area contributed by atoms with E-state index in [-0.39, 0.29) is 24.6 Å². The Balaban J connectivity index is 1.26. The summed E-state index contributed by atoms with van der Waals surface area (Å²) in [6, 6.07) is 24.2. The lowest BCUT2D eigenvalue weighted by Gasteiger charge is -2.18. The SMILES string of the molecule is Cc1cccn2c(CC(NC(=O)OCC3c4ccccc4-c4ccccc43)C(=O)O)c(-c3cccc([N+](=O)[O-])c3)nc12. The highest BCUT2D eigenvalue weighted by Crippen LogP contribution is 2.44. The number of carboxylic acids is 1. The number of aromatic nitrogens is 2. The Bertz CT molecular complexity index is 1820. The molecular formula is C32H26N4O6. The molecule has 10 heteroatoms. The molecular weight excluding hydrogens is 536 g/mol. The number of benzene rings is 3. The summed E-state index contributed by atoms with van der Waals surface area (Å²) >= 11 is 0. The van der Waals surface area contributed by atoms with Gasteiger partial charge in [-0.2, -0.15) is 0 Å². The van der Waals surface area contributed by atoms with Crippen molar-refractivity contribution >= 4 is 23.4 Å². The minimum Gasteiger partial charge on any atom is -0.480 e. The zero-order valence-corrected chi connectivity index (χ0v) is 22.6. The van der Waals surface area contributed by atoms with Gasteiger partial charge in [0.1, 0.15) is 18.3 Å². The molecule has 0 bridgehead atoms. The summed E-state index contributed by atoms with van der Waals surface area (Å²) in [5.41, 5.74) is 6.92. The number of carbonyl (C=O) groups is 2. The second-order valence-electron chi connectivity index (χ2n) is 10.2. The maximum Gasteiger partial charge on any atom is 0.407 e. The number of pyridine rings is 1. The maximum atomic E-state index is 13.0. The molecule has 0 fully saturated rings. The van der Waals surface area contributed by atoms with Crippen LogP contribution < -0.4 is 5.32 Å². The molecule has 2 aromatic heterocycles. The van der Waals surface area contributed by atoms with Crippen LogP contribution in [0.25, 0.3) is 28.0 Å². The lowest BCUT2D eigenvalue weighted by atomic mass is 9.98. The van der Waals surface area contributed by atoms with Crippen LogP contribution in [0, 0.1) is 17.0 Å². The number of hydrogen-bond acceptors (Lipinski definition) is 6. The zero-order valence-electron chi connectivity index (χ0n) is 22.6. The van der Waals surface area contributed by atoms with Crippen LogP contribution in [0.1, 0.15) is 28.3 Å². The number of rotatable bonds is 8. The van der Waals surface area contributed by atoms with Gasteiger partial charge in [-0.25, -0.2) is 14.6 Å². The number of nitrogens with zero attached hydrogens (tertiary/aromatic N) is 3. The average Bonchev–Trinajstić information content (AvgIpc) is 3.52. The lowest BCUT2D eigenvalue weighted by molar-refractivity contribution is -0.384. The van der Waals surface area contributed by atoms with Gasteiger partial charge in [0.25, 0.3) is 5.69 Å². The van der Waals surface area contributed by atoms with E-state index in [1.165, 1.54) is 12.1 Å². The standard InChI is InChI=1S/C32H26N4O6/c1-19-8-7-15-35-28(29(34-30(19)35)20-9-6-10-21(16-20)36(40)41)17-27(31(37)38)33-32(39)42-18-26-24-13-4-2-11-22(24)23-12-3-5-14-25(23)26/h2-16,26-27H,17-18H2,1H3,(H,33,39)(H,37,38). The Morgan fingerprint density at radius 3 is 2.38 bits per heavy atom. The number of aryl methyl sites for hydroxylation is 1.